The number of aryl methyl sites for hydroxylation is 1. The fourth-order valence-electron chi connectivity index (χ4n) is 0.969. The summed E-state index contributed by atoms with van der Waals surface area (Å²) in [5.41, 5.74) is 10.1. The molecule has 0 amide bonds. The van der Waals surface area contributed by atoms with Crippen molar-refractivity contribution in [3.8, 4) is 11.8 Å². The molecular formula is C10H8BrN3. The van der Waals surface area contributed by atoms with Crippen molar-refractivity contribution in [3.63, 3.8) is 0 Å². The van der Waals surface area contributed by atoms with Gasteiger partial charge < -0.3 is 0 Å². The zero-order valence-electron chi connectivity index (χ0n) is 7.66. The van der Waals surface area contributed by atoms with Crippen molar-refractivity contribution in [1.29, 1.82) is 0 Å². The highest BCUT2D eigenvalue weighted by Crippen LogP contribution is 2.14. The Morgan fingerprint density at radius 3 is 3.00 bits per heavy atom. The van der Waals surface area contributed by atoms with Gasteiger partial charge in [-0.1, -0.05) is 32.9 Å². The molecule has 70 valence electrons. The SMILES string of the molecule is Cc1cc(Br)ccc1C#CCN=[N+]=[N-]. The third kappa shape index (κ3) is 3.14. The number of azide groups is 1. The lowest BCUT2D eigenvalue weighted by Gasteiger charge is -1.97. The molecule has 0 bridgehead atoms. The highest BCUT2D eigenvalue weighted by Gasteiger charge is 1.93. The van der Waals surface area contributed by atoms with Gasteiger partial charge >= 0.3 is 0 Å². The third-order valence-corrected chi connectivity index (χ3v) is 2.12. The Kier molecular flexibility index (Phi) is 4.06. The summed E-state index contributed by atoms with van der Waals surface area (Å²) in [4.78, 5) is 2.62. The molecule has 0 saturated heterocycles. The van der Waals surface area contributed by atoms with Crippen LogP contribution in [0.2, 0.25) is 0 Å². The molecule has 0 saturated carbocycles. The Morgan fingerprint density at radius 1 is 1.57 bits per heavy atom. The number of hydrogen-bond acceptors (Lipinski definition) is 1. The Morgan fingerprint density at radius 2 is 2.36 bits per heavy atom. The topological polar surface area (TPSA) is 48.8 Å². The van der Waals surface area contributed by atoms with Gasteiger partial charge in [0.2, 0.25) is 0 Å². The van der Waals surface area contributed by atoms with Gasteiger partial charge in [-0.15, -0.1) is 0 Å². The summed E-state index contributed by atoms with van der Waals surface area (Å²) in [7, 11) is 0. The molecule has 0 unspecified atom stereocenters. The van der Waals surface area contributed by atoms with Gasteiger partial charge in [0.25, 0.3) is 0 Å². The second kappa shape index (κ2) is 5.33. The Labute approximate surface area is 90.9 Å². The summed E-state index contributed by atoms with van der Waals surface area (Å²) < 4.78 is 1.04. The van der Waals surface area contributed by atoms with Crippen molar-refractivity contribution >= 4 is 15.9 Å². The summed E-state index contributed by atoms with van der Waals surface area (Å²) in [5, 5.41) is 3.33. The Balaban J connectivity index is 2.84. The zero-order chi connectivity index (χ0) is 10.4. The first-order chi connectivity index (χ1) is 6.74. The first kappa shape index (κ1) is 10.6. The van der Waals surface area contributed by atoms with Gasteiger partial charge in [-0.2, -0.15) is 0 Å². The van der Waals surface area contributed by atoms with Gasteiger partial charge in [0.05, 0.1) is 6.54 Å². The van der Waals surface area contributed by atoms with Gasteiger partial charge in [-0.05, 0) is 36.2 Å². The predicted molar refractivity (Wildman–Crippen MR) is 59.8 cm³/mol. The summed E-state index contributed by atoms with van der Waals surface area (Å²) in [6.07, 6.45) is 0. The number of nitrogens with zero attached hydrogens (tertiary/aromatic N) is 3. The molecule has 0 heterocycles. The minimum atomic E-state index is 0.214. The maximum Gasteiger partial charge on any atom is 0.0880 e. The van der Waals surface area contributed by atoms with Crippen LogP contribution >= 0.6 is 15.9 Å². The molecule has 0 fully saturated rings. The molecule has 3 nitrogen and oxygen atoms in total. The van der Waals surface area contributed by atoms with Crippen LogP contribution in [0.15, 0.2) is 27.8 Å². The van der Waals surface area contributed by atoms with Crippen LogP contribution in [0.4, 0.5) is 0 Å². The van der Waals surface area contributed by atoms with E-state index in [9.17, 15) is 0 Å². The average molecular weight is 250 g/mol. The fourth-order valence-corrected chi connectivity index (χ4v) is 1.44. The smallest absolute Gasteiger partial charge is 0.0880 e. The summed E-state index contributed by atoms with van der Waals surface area (Å²) >= 11 is 3.37. The first-order valence-corrected chi connectivity index (χ1v) is 4.79. The molecule has 0 aliphatic rings. The number of hydrogen-bond donors (Lipinski definition) is 0. The molecule has 1 rings (SSSR count). The van der Waals surface area contributed by atoms with Crippen LogP contribution in [-0.2, 0) is 0 Å². The minimum absolute atomic E-state index is 0.214. The predicted octanol–water partition coefficient (Wildman–Crippen LogP) is 3.42. The van der Waals surface area contributed by atoms with Crippen molar-refractivity contribution in [2.24, 2.45) is 5.11 Å². The highest BCUT2D eigenvalue weighted by molar-refractivity contribution is 9.10. The van der Waals surface area contributed by atoms with Crippen molar-refractivity contribution < 1.29 is 0 Å². The van der Waals surface area contributed by atoms with Crippen LogP contribution in [0.3, 0.4) is 0 Å². The van der Waals surface area contributed by atoms with E-state index >= 15 is 0 Å². The molecule has 1 aromatic rings. The molecule has 0 N–H and O–H groups in total. The van der Waals surface area contributed by atoms with Crippen LogP contribution in [0.5, 0.6) is 0 Å². The van der Waals surface area contributed by atoms with Crippen molar-refractivity contribution in [1.82, 2.24) is 0 Å². The standard InChI is InChI=1S/C10H8BrN3/c1-8-7-10(11)5-4-9(8)3-2-6-13-14-12/h4-5,7H,6H2,1H3. The monoisotopic (exact) mass is 249 g/mol. The second-order valence-electron chi connectivity index (χ2n) is 2.65. The Bertz CT molecular complexity index is 436. The molecule has 0 radical (unpaired) electrons. The van der Waals surface area contributed by atoms with E-state index in [0.717, 1.165) is 15.6 Å². The summed E-state index contributed by atoms with van der Waals surface area (Å²) in [6.45, 7) is 2.20. The minimum Gasteiger partial charge on any atom is -0.0919 e. The fraction of sp³-hybridized carbons (Fsp3) is 0.200. The van der Waals surface area contributed by atoms with Crippen LogP contribution < -0.4 is 0 Å². The van der Waals surface area contributed by atoms with Crippen LogP contribution in [0.1, 0.15) is 11.1 Å². The summed E-state index contributed by atoms with van der Waals surface area (Å²) in [5.74, 6) is 5.72. The van der Waals surface area contributed by atoms with Gasteiger partial charge in [-0.25, -0.2) is 0 Å². The van der Waals surface area contributed by atoms with Crippen LogP contribution in [-0.4, -0.2) is 6.54 Å². The molecule has 0 spiro atoms. The normalized spacial score (nSPS) is 8.43. The quantitative estimate of drug-likeness (QED) is 0.317. The van der Waals surface area contributed by atoms with E-state index in [1.807, 2.05) is 25.1 Å². The molecule has 0 aliphatic heterocycles. The number of rotatable bonds is 1. The third-order valence-electron chi connectivity index (χ3n) is 1.62. The van der Waals surface area contributed by atoms with Gasteiger partial charge in [0.1, 0.15) is 0 Å². The van der Waals surface area contributed by atoms with Gasteiger partial charge in [0, 0.05) is 14.9 Å². The van der Waals surface area contributed by atoms with Crippen molar-refractivity contribution in [3.05, 3.63) is 44.2 Å². The molecule has 0 atom stereocenters. The van der Waals surface area contributed by atoms with Crippen molar-refractivity contribution in [2.75, 3.05) is 6.54 Å². The first-order valence-electron chi connectivity index (χ1n) is 4.00. The van der Waals surface area contributed by atoms with E-state index in [4.69, 9.17) is 5.53 Å². The molecule has 0 aliphatic carbocycles. The summed E-state index contributed by atoms with van der Waals surface area (Å²) in [6, 6.07) is 5.87. The van der Waals surface area contributed by atoms with Crippen LogP contribution in [0.25, 0.3) is 10.4 Å². The molecular weight excluding hydrogens is 242 g/mol. The molecule has 14 heavy (non-hydrogen) atoms. The number of benzene rings is 1. The largest absolute Gasteiger partial charge is 0.0919 e. The Hall–Kier alpha value is -1.43. The average Bonchev–Trinajstić information content (AvgIpc) is 2.15. The van der Waals surface area contributed by atoms with E-state index in [2.05, 4.69) is 37.8 Å². The number of halogens is 1. The molecule has 1 aromatic carbocycles. The maximum absolute atomic E-state index is 8.04. The van der Waals surface area contributed by atoms with E-state index in [1.54, 1.807) is 0 Å². The molecule has 0 aromatic heterocycles. The zero-order valence-corrected chi connectivity index (χ0v) is 9.24. The van der Waals surface area contributed by atoms with E-state index in [1.165, 1.54) is 0 Å². The van der Waals surface area contributed by atoms with Gasteiger partial charge in [-0.3, -0.25) is 0 Å². The van der Waals surface area contributed by atoms with E-state index in [-0.39, 0.29) is 6.54 Å². The second-order valence-corrected chi connectivity index (χ2v) is 3.57. The van der Waals surface area contributed by atoms with Crippen LogP contribution in [0, 0.1) is 18.8 Å². The van der Waals surface area contributed by atoms with Gasteiger partial charge in [0.15, 0.2) is 0 Å². The lowest BCUT2D eigenvalue weighted by Crippen LogP contribution is -1.81. The molecule has 4 heteroatoms. The lowest BCUT2D eigenvalue weighted by atomic mass is 10.1. The lowest BCUT2D eigenvalue weighted by molar-refractivity contribution is 1.25. The highest BCUT2D eigenvalue weighted by atomic mass is 79.9. The maximum atomic E-state index is 8.04. The van der Waals surface area contributed by atoms with Crippen molar-refractivity contribution in [2.45, 2.75) is 6.92 Å². The van der Waals surface area contributed by atoms with E-state index < -0.39 is 0 Å². The van der Waals surface area contributed by atoms with E-state index in [0.29, 0.717) is 0 Å².